The molecule has 0 saturated heterocycles. The molecule has 0 nitrogen and oxygen atoms in total. The van der Waals surface area contributed by atoms with Crippen LogP contribution in [0.5, 0.6) is 0 Å². The van der Waals surface area contributed by atoms with E-state index < -0.39 is 0 Å². The Kier molecular flexibility index (Phi) is 0.296. The standard InChI is InChI=1S/C7H10/c1-2-5-6-3-4(1)7(5)6/h4-7H,1-3H2/t4?,5?,6-,7?/m0/s1. The molecule has 0 aromatic carbocycles. The van der Waals surface area contributed by atoms with Crippen LogP contribution in [0.2, 0.25) is 0 Å². The Balaban J connectivity index is 2.07. The maximum Gasteiger partial charge on any atom is -0.0323 e. The van der Waals surface area contributed by atoms with Crippen molar-refractivity contribution in [2.45, 2.75) is 19.3 Å². The van der Waals surface area contributed by atoms with Gasteiger partial charge in [0, 0.05) is 0 Å². The average Bonchev–Trinajstić information content (AvgIpc) is 2.02. The lowest BCUT2D eigenvalue weighted by Gasteiger charge is -2.23. The molecule has 3 aliphatic carbocycles. The van der Waals surface area contributed by atoms with E-state index in [4.69, 9.17) is 0 Å². The van der Waals surface area contributed by atoms with Crippen molar-refractivity contribution in [3.8, 4) is 0 Å². The molecule has 3 aliphatic rings. The summed E-state index contributed by atoms with van der Waals surface area (Å²) >= 11 is 0. The molecule has 7 heavy (non-hydrogen) atoms. The van der Waals surface area contributed by atoms with Crippen molar-refractivity contribution < 1.29 is 0 Å². The Morgan fingerprint density at radius 1 is 1.00 bits per heavy atom. The van der Waals surface area contributed by atoms with Gasteiger partial charge >= 0.3 is 0 Å². The van der Waals surface area contributed by atoms with E-state index in [0.717, 1.165) is 0 Å². The minimum Gasteiger partial charge on any atom is -0.0499 e. The van der Waals surface area contributed by atoms with E-state index in [0.29, 0.717) is 0 Å². The van der Waals surface area contributed by atoms with Gasteiger partial charge in [-0.1, -0.05) is 0 Å². The summed E-state index contributed by atoms with van der Waals surface area (Å²) in [7, 11) is 0. The summed E-state index contributed by atoms with van der Waals surface area (Å²) in [5.74, 6) is 5.03. The molecule has 3 saturated carbocycles. The Bertz CT molecular complexity index is 104. The summed E-state index contributed by atoms with van der Waals surface area (Å²) < 4.78 is 0. The minimum absolute atomic E-state index is 1.23. The van der Waals surface area contributed by atoms with Crippen LogP contribution in [0.1, 0.15) is 19.3 Å². The summed E-state index contributed by atoms with van der Waals surface area (Å²) in [4.78, 5) is 0. The van der Waals surface area contributed by atoms with Gasteiger partial charge in [-0.3, -0.25) is 0 Å². The molecule has 0 amide bonds. The van der Waals surface area contributed by atoms with Crippen LogP contribution in [0.3, 0.4) is 0 Å². The molecule has 3 unspecified atom stereocenters. The van der Waals surface area contributed by atoms with Gasteiger partial charge in [-0.15, -0.1) is 0 Å². The fourth-order valence-electron chi connectivity index (χ4n) is 2.94. The van der Waals surface area contributed by atoms with Crippen molar-refractivity contribution in [2.24, 2.45) is 23.7 Å². The van der Waals surface area contributed by atoms with Crippen LogP contribution < -0.4 is 0 Å². The van der Waals surface area contributed by atoms with Gasteiger partial charge in [0.2, 0.25) is 0 Å². The van der Waals surface area contributed by atoms with Crippen molar-refractivity contribution in [1.82, 2.24) is 0 Å². The van der Waals surface area contributed by atoms with Gasteiger partial charge in [0.1, 0.15) is 0 Å². The van der Waals surface area contributed by atoms with Gasteiger partial charge in [0.05, 0.1) is 0 Å². The molecule has 0 aromatic rings. The first-order chi connectivity index (χ1) is 3.47. The molecule has 3 fully saturated rings. The average molecular weight is 94.2 g/mol. The number of fused-ring (bicyclic) bond motifs is 1. The van der Waals surface area contributed by atoms with E-state index in [1.807, 2.05) is 0 Å². The second kappa shape index (κ2) is 0.667. The maximum atomic E-state index is 1.62. The zero-order valence-electron chi connectivity index (χ0n) is 4.43. The van der Waals surface area contributed by atoms with E-state index in [1.165, 1.54) is 23.7 Å². The van der Waals surface area contributed by atoms with Crippen LogP contribution in [0.25, 0.3) is 0 Å². The summed E-state index contributed by atoms with van der Waals surface area (Å²) in [6.45, 7) is 0. The smallest absolute Gasteiger partial charge is 0.0323 e. The zero-order chi connectivity index (χ0) is 4.43. The summed E-state index contributed by atoms with van der Waals surface area (Å²) in [5, 5.41) is 0. The molecule has 0 heteroatoms. The van der Waals surface area contributed by atoms with Crippen molar-refractivity contribution in [3.05, 3.63) is 0 Å². The van der Waals surface area contributed by atoms with Gasteiger partial charge in [-0.25, -0.2) is 0 Å². The van der Waals surface area contributed by atoms with Gasteiger partial charge in [0.25, 0.3) is 0 Å². The van der Waals surface area contributed by atoms with Gasteiger partial charge in [0.15, 0.2) is 0 Å². The lowest BCUT2D eigenvalue weighted by molar-refractivity contribution is 0.270. The molecule has 0 aromatic heterocycles. The predicted octanol–water partition coefficient (Wildman–Crippen LogP) is 1.66. The molecule has 0 aliphatic heterocycles. The summed E-state index contributed by atoms with van der Waals surface area (Å²) in [6, 6.07) is 0. The van der Waals surface area contributed by atoms with Crippen molar-refractivity contribution >= 4 is 0 Å². The molecule has 38 valence electrons. The van der Waals surface area contributed by atoms with E-state index in [1.54, 1.807) is 19.3 Å². The SMILES string of the molecule is C1CC2C3C1C[C@@H]23. The summed E-state index contributed by atoms with van der Waals surface area (Å²) in [6.07, 6.45) is 4.81. The molecule has 0 N–H and O–H groups in total. The van der Waals surface area contributed by atoms with E-state index >= 15 is 0 Å². The largest absolute Gasteiger partial charge is 0.0499 e. The lowest BCUT2D eigenvalue weighted by Crippen LogP contribution is -2.14. The van der Waals surface area contributed by atoms with Gasteiger partial charge in [-0.2, -0.15) is 0 Å². The van der Waals surface area contributed by atoms with Gasteiger partial charge in [-0.05, 0) is 42.9 Å². The van der Waals surface area contributed by atoms with Crippen molar-refractivity contribution in [3.63, 3.8) is 0 Å². The molecular weight excluding hydrogens is 84.1 g/mol. The van der Waals surface area contributed by atoms with Gasteiger partial charge < -0.3 is 0 Å². The third-order valence-corrected chi connectivity index (χ3v) is 3.39. The third-order valence-electron chi connectivity index (χ3n) is 3.39. The first-order valence-corrected chi connectivity index (χ1v) is 3.47. The number of hydrogen-bond donors (Lipinski definition) is 0. The van der Waals surface area contributed by atoms with Crippen LogP contribution in [0.15, 0.2) is 0 Å². The molecule has 0 radical (unpaired) electrons. The topological polar surface area (TPSA) is 0 Å². The zero-order valence-corrected chi connectivity index (χ0v) is 4.43. The van der Waals surface area contributed by atoms with E-state index in [2.05, 4.69) is 0 Å². The number of rotatable bonds is 0. The van der Waals surface area contributed by atoms with E-state index in [9.17, 15) is 0 Å². The highest BCUT2D eigenvalue weighted by Gasteiger charge is 2.65. The second-order valence-corrected chi connectivity index (χ2v) is 3.48. The third kappa shape index (κ3) is 0.181. The predicted molar refractivity (Wildman–Crippen MR) is 27.8 cm³/mol. The fourth-order valence-corrected chi connectivity index (χ4v) is 2.94. The van der Waals surface area contributed by atoms with Crippen LogP contribution >= 0.6 is 0 Å². The molecule has 3 rings (SSSR count). The van der Waals surface area contributed by atoms with Crippen LogP contribution in [0, 0.1) is 23.7 Å². The highest BCUT2D eigenvalue weighted by molar-refractivity contribution is 5.14. The molecule has 0 heterocycles. The monoisotopic (exact) mass is 94.1 g/mol. The fraction of sp³-hybridized carbons (Fsp3) is 1.00. The second-order valence-electron chi connectivity index (χ2n) is 3.48. The number of hydrogen-bond acceptors (Lipinski definition) is 0. The van der Waals surface area contributed by atoms with Crippen LogP contribution in [-0.2, 0) is 0 Å². The lowest BCUT2D eigenvalue weighted by atomic mass is 9.82. The van der Waals surface area contributed by atoms with E-state index in [-0.39, 0.29) is 0 Å². The molecule has 0 spiro atoms. The normalized spacial score (nSPS) is 72.0. The molecule has 0 bridgehead atoms. The minimum atomic E-state index is 1.23. The Morgan fingerprint density at radius 2 is 2.00 bits per heavy atom. The first kappa shape index (κ1) is 3.11. The Labute approximate surface area is 43.9 Å². The van der Waals surface area contributed by atoms with Crippen LogP contribution in [0.4, 0.5) is 0 Å². The Morgan fingerprint density at radius 3 is 2.14 bits per heavy atom. The van der Waals surface area contributed by atoms with Crippen molar-refractivity contribution in [1.29, 1.82) is 0 Å². The highest BCUT2D eigenvalue weighted by Crippen LogP contribution is 2.72. The maximum absolute atomic E-state index is 1.62. The van der Waals surface area contributed by atoms with Crippen molar-refractivity contribution in [2.75, 3.05) is 0 Å². The highest BCUT2D eigenvalue weighted by atomic mass is 14.7. The quantitative estimate of drug-likeness (QED) is 0.428. The molecular formula is C7H10. The Hall–Kier alpha value is 0. The first-order valence-electron chi connectivity index (χ1n) is 3.47. The summed E-state index contributed by atoms with van der Waals surface area (Å²) in [5.41, 5.74) is 0. The van der Waals surface area contributed by atoms with Crippen LogP contribution in [-0.4, -0.2) is 0 Å². The molecule has 4 atom stereocenters.